The second kappa shape index (κ2) is 6.02. The molecule has 0 spiro atoms. The number of thiophene rings is 1. The molecule has 1 aliphatic carbocycles. The van der Waals surface area contributed by atoms with E-state index in [1.54, 1.807) is 11.3 Å². The van der Waals surface area contributed by atoms with E-state index in [1.165, 1.54) is 16.2 Å². The minimum absolute atomic E-state index is 0.182. The third-order valence-electron chi connectivity index (χ3n) is 5.80. The first kappa shape index (κ1) is 17.7. The van der Waals surface area contributed by atoms with Crippen LogP contribution in [0.25, 0.3) is 0 Å². The Balaban J connectivity index is 1.76. The van der Waals surface area contributed by atoms with Crippen LogP contribution in [0.3, 0.4) is 0 Å². The van der Waals surface area contributed by atoms with Gasteiger partial charge in [0.1, 0.15) is 0 Å². The van der Waals surface area contributed by atoms with Crippen molar-refractivity contribution in [3.05, 3.63) is 33.2 Å². The molecule has 2 aliphatic rings. The third kappa shape index (κ3) is 3.20. The lowest BCUT2D eigenvalue weighted by atomic mass is 10.1. The van der Waals surface area contributed by atoms with Gasteiger partial charge in [0.05, 0.1) is 10.6 Å². The summed E-state index contributed by atoms with van der Waals surface area (Å²) in [5.41, 5.74) is 1.39. The quantitative estimate of drug-likeness (QED) is 0.691. The van der Waals surface area contributed by atoms with Gasteiger partial charge in [-0.15, -0.1) is 11.3 Å². The molecule has 2 heterocycles. The van der Waals surface area contributed by atoms with Crippen molar-refractivity contribution < 1.29 is 9.22 Å². The van der Waals surface area contributed by atoms with E-state index in [2.05, 4.69) is 33.9 Å². The predicted molar refractivity (Wildman–Crippen MR) is 103 cm³/mol. The molecular formula is C19H29NO2SSi. The topological polar surface area (TPSA) is 29.5 Å². The zero-order valence-electron chi connectivity index (χ0n) is 15.7. The van der Waals surface area contributed by atoms with Crippen LogP contribution in [0.5, 0.6) is 0 Å². The zero-order chi connectivity index (χ0) is 17.7. The summed E-state index contributed by atoms with van der Waals surface area (Å²) < 4.78 is 6.60. The molecule has 24 heavy (non-hydrogen) atoms. The normalized spacial score (nSPS) is 21.4. The molecular weight excluding hydrogens is 334 g/mol. The van der Waals surface area contributed by atoms with E-state index in [-0.39, 0.29) is 10.9 Å². The third-order valence-corrected chi connectivity index (χ3v) is 11.2. The number of rotatable bonds is 3. The van der Waals surface area contributed by atoms with Crippen molar-refractivity contribution in [2.45, 2.75) is 58.7 Å². The molecule has 1 aromatic heterocycles. The van der Waals surface area contributed by atoms with Crippen molar-refractivity contribution in [1.82, 2.24) is 4.90 Å². The summed E-state index contributed by atoms with van der Waals surface area (Å²) in [5.74, 6) is 1.89. The van der Waals surface area contributed by atoms with E-state index in [4.69, 9.17) is 4.43 Å². The van der Waals surface area contributed by atoms with Gasteiger partial charge >= 0.3 is 0 Å². The average Bonchev–Trinajstić information content (AvgIpc) is 3.14. The molecule has 0 N–H and O–H groups in total. The summed E-state index contributed by atoms with van der Waals surface area (Å²) in [4.78, 5) is 16.8. The molecule has 1 saturated heterocycles. The van der Waals surface area contributed by atoms with Crippen molar-refractivity contribution in [3.8, 4) is 0 Å². The first-order valence-electron chi connectivity index (χ1n) is 8.85. The van der Waals surface area contributed by atoms with E-state index in [9.17, 15) is 4.79 Å². The van der Waals surface area contributed by atoms with Gasteiger partial charge < -0.3 is 9.33 Å². The maximum absolute atomic E-state index is 12.7. The van der Waals surface area contributed by atoms with Gasteiger partial charge in [0.25, 0.3) is 5.91 Å². The Kier molecular flexibility index (Phi) is 4.45. The monoisotopic (exact) mass is 363 g/mol. The van der Waals surface area contributed by atoms with Crippen molar-refractivity contribution >= 4 is 25.6 Å². The molecule has 132 valence electrons. The smallest absolute Gasteiger partial charge is 0.264 e. The van der Waals surface area contributed by atoms with Gasteiger partial charge in [0.2, 0.25) is 8.32 Å². The summed E-state index contributed by atoms with van der Waals surface area (Å²) in [6.07, 6.45) is 2.18. The minimum atomic E-state index is -1.80. The number of amides is 1. The molecule has 0 aromatic carbocycles. The van der Waals surface area contributed by atoms with E-state index < -0.39 is 8.32 Å². The molecule has 1 aromatic rings. The molecule has 1 fully saturated rings. The number of hydrogen-bond acceptors (Lipinski definition) is 3. The van der Waals surface area contributed by atoms with Gasteiger partial charge in [-0.25, -0.2) is 0 Å². The van der Waals surface area contributed by atoms with Gasteiger partial charge in [0.15, 0.2) is 0 Å². The van der Waals surface area contributed by atoms with E-state index >= 15 is 0 Å². The Labute approximate surface area is 150 Å². The molecule has 1 atom stereocenters. The van der Waals surface area contributed by atoms with Crippen LogP contribution in [-0.4, -0.2) is 32.2 Å². The van der Waals surface area contributed by atoms with Gasteiger partial charge in [-0.05, 0) is 49.2 Å². The average molecular weight is 364 g/mol. The zero-order valence-corrected chi connectivity index (χ0v) is 17.5. The lowest BCUT2D eigenvalue weighted by molar-refractivity contribution is 0.0792. The number of hydrogen-bond donors (Lipinski definition) is 0. The number of carbonyl (C=O) groups is 1. The number of allylic oxidation sites excluding steroid dienone is 1. The Hall–Kier alpha value is -1.07. The Morgan fingerprint density at radius 1 is 1.33 bits per heavy atom. The van der Waals surface area contributed by atoms with Crippen LogP contribution < -0.4 is 0 Å². The fourth-order valence-electron chi connectivity index (χ4n) is 3.26. The molecule has 0 unspecified atom stereocenters. The standard InChI is InChI=1S/C19H29NO2SSi/c1-13-7-10-17(23-13)18(21)20-11-14-8-9-16(15(14)12-20)22-24(5,6)19(2,3)4/h7,10,14H,8-9,11-12H2,1-6H3/t14-/m0/s1. The highest BCUT2D eigenvalue weighted by Crippen LogP contribution is 2.44. The van der Waals surface area contributed by atoms with Crippen LogP contribution in [0, 0.1) is 12.8 Å². The number of carbonyl (C=O) groups excluding carboxylic acids is 1. The van der Waals surface area contributed by atoms with E-state index in [0.29, 0.717) is 5.92 Å². The predicted octanol–water partition coefficient (Wildman–Crippen LogP) is 5.20. The summed E-state index contributed by atoms with van der Waals surface area (Å²) in [5, 5.41) is 0.210. The van der Waals surface area contributed by atoms with Crippen LogP contribution in [0.4, 0.5) is 0 Å². The second-order valence-corrected chi connectivity index (χ2v) is 14.7. The van der Waals surface area contributed by atoms with Crippen molar-refractivity contribution in [2.75, 3.05) is 13.1 Å². The number of aryl methyl sites for hydroxylation is 1. The van der Waals surface area contributed by atoms with Crippen LogP contribution in [0.2, 0.25) is 18.1 Å². The summed E-state index contributed by atoms with van der Waals surface area (Å²) in [6, 6.07) is 3.98. The lowest BCUT2D eigenvalue weighted by Gasteiger charge is -2.37. The van der Waals surface area contributed by atoms with Crippen LogP contribution in [0.15, 0.2) is 23.5 Å². The Morgan fingerprint density at radius 2 is 2.04 bits per heavy atom. The first-order chi connectivity index (χ1) is 11.1. The van der Waals surface area contributed by atoms with Crippen LogP contribution in [-0.2, 0) is 4.43 Å². The fraction of sp³-hybridized carbons (Fsp3) is 0.632. The fourth-order valence-corrected chi connectivity index (χ4v) is 5.25. The van der Waals surface area contributed by atoms with Crippen molar-refractivity contribution in [2.24, 2.45) is 5.92 Å². The maximum atomic E-state index is 12.7. The second-order valence-electron chi connectivity index (χ2n) is 8.64. The molecule has 1 aliphatic heterocycles. The SMILES string of the molecule is Cc1ccc(C(=O)N2CC3=C(O[Si](C)(C)C(C)(C)C)CC[C@H]3C2)s1. The summed E-state index contributed by atoms with van der Waals surface area (Å²) in [7, 11) is -1.80. The van der Waals surface area contributed by atoms with E-state index in [1.807, 2.05) is 24.0 Å². The summed E-state index contributed by atoms with van der Waals surface area (Å²) in [6.45, 7) is 15.1. The molecule has 0 saturated carbocycles. The number of nitrogens with zero attached hydrogens (tertiary/aromatic N) is 1. The molecule has 0 radical (unpaired) electrons. The van der Waals surface area contributed by atoms with Crippen LogP contribution >= 0.6 is 11.3 Å². The molecule has 1 amide bonds. The number of likely N-dealkylation sites (tertiary alicyclic amines) is 1. The van der Waals surface area contributed by atoms with Gasteiger partial charge in [0, 0.05) is 30.3 Å². The maximum Gasteiger partial charge on any atom is 0.264 e. The molecule has 5 heteroatoms. The largest absolute Gasteiger partial charge is 0.546 e. The van der Waals surface area contributed by atoms with E-state index in [0.717, 1.165) is 30.8 Å². The van der Waals surface area contributed by atoms with Crippen LogP contribution in [0.1, 0.15) is 48.2 Å². The highest BCUT2D eigenvalue weighted by atomic mass is 32.1. The minimum Gasteiger partial charge on any atom is -0.546 e. The Morgan fingerprint density at radius 3 is 2.62 bits per heavy atom. The van der Waals surface area contributed by atoms with Crippen molar-refractivity contribution in [1.29, 1.82) is 0 Å². The van der Waals surface area contributed by atoms with Crippen molar-refractivity contribution in [3.63, 3.8) is 0 Å². The summed E-state index contributed by atoms with van der Waals surface area (Å²) >= 11 is 1.59. The highest BCUT2D eigenvalue weighted by Gasteiger charge is 2.43. The number of fused-ring (bicyclic) bond motifs is 1. The molecule has 0 bridgehead atoms. The first-order valence-corrected chi connectivity index (χ1v) is 12.6. The highest BCUT2D eigenvalue weighted by molar-refractivity contribution is 7.13. The van der Waals surface area contributed by atoms with Gasteiger partial charge in [-0.1, -0.05) is 20.8 Å². The lowest BCUT2D eigenvalue weighted by Crippen LogP contribution is -2.40. The Bertz CT molecular complexity index is 684. The molecule has 3 nitrogen and oxygen atoms in total. The van der Waals surface area contributed by atoms with Gasteiger partial charge in [-0.2, -0.15) is 0 Å². The molecule has 3 rings (SSSR count). The van der Waals surface area contributed by atoms with Gasteiger partial charge in [-0.3, -0.25) is 4.79 Å².